The zero-order valence-electron chi connectivity index (χ0n) is 10.6. The third-order valence-corrected chi connectivity index (χ3v) is 3.19. The summed E-state index contributed by atoms with van der Waals surface area (Å²) in [5.74, 6) is 0. The summed E-state index contributed by atoms with van der Waals surface area (Å²) in [7, 11) is -4.31. The van der Waals surface area contributed by atoms with Crippen molar-refractivity contribution in [3.63, 3.8) is 0 Å². The molecule has 0 radical (unpaired) electrons. The molecule has 2 aromatic rings. The minimum absolute atomic E-state index is 0.440. The van der Waals surface area contributed by atoms with Crippen molar-refractivity contribution in [3.05, 3.63) is 54.1 Å². The second-order valence-electron chi connectivity index (χ2n) is 4.27. The molecule has 0 spiro atoms. The van der Waals surface area contributed by atoms with E-state index in [9.17, 15) is 21.6 Å². The van der Waals surface area contributed by atoms with E-state index in [-0.39, 0.29) is 0 Å². The van der Waals surface area contributed by atoms with Crippen molar-refractivity contribution < 1.29 is 21.6 Å². The highest BCUT2D eigenvalue weighted by Crippen LogP contribution is 2.37. The Morgan fingerprint density at radius 2 is 1.57 bits per heavy atom. The lowest BCUT2D eigenvalue weighted by molar-refractivity contribution is -0.136. The van der Waals surface area contributed by atoms with E-state index in [0.717, 1.165) is 12.1 Å². The Bertz CT molecular complexity index is 744. The Morgan fingerprint density at radius 1 is 0.952 bits per heavy atom. The lowest BCUT2D eigenvalue weighted by Crippen LogP contribution is -2.23. The van der Waals surface area contributed by atoms with Crippen LogP contribution in [0.1, 0.15) is 5.56 Å². The number of alkyl halides is 3. The highest BCUT2D eigenvalue weighted by atomic mass is 32.2. The zero-order chi connectivity index (χ0) is 15.7. The minimum atomic E-state index is -4.69. The van der Waals surface area contributed by atoms with Crippen LogP contribution in [0.4, 0.5) is 18.9 Å². The largest absolute Gasteiger partial charge is 0.418 e. The molecule has 0 atom stereocenters. The Hall–Kier alpha value is -2.06. The van der Waals surface area contributed by atoms with Gasteiger partial charge in [-0.1, -0.05) is 36.4 Å². The molecule has 0 saturated carbocycles. The first-order valence-corrected chi connectivity index (χ1v) is 7.29. The van der Waals surface area contributed by atoms with Crippen LogP contribution in [-0.2, 0) is 16.4 Å². The van der Waals surface area contributed by atoms with E-state index in [1.807, 2.05) is 0 Å². The quantitative estimate of drug-likeness (QED) is 0.913. The molecule has 0 fully saturated rings. The second kappa shape index (κ2) is 5.38. The molecule has 0 aliphatic rings. The third kappa shape index (κ3) is 3.96. The van der Waals surface area contributed by atoms with Crippen LogP contribution in [-0.4, -0.2) is 8.42 Å². The summed E-state index contributed by atoms with van der Waals surface area (Å²) in [6.45, 7) is 0. The van der Waals surface area contributed by atoms with Gasteiger partial charge in [-0.15, -0.1) is 0 Å². The standard InChI is InChI=1S/C13H11F3N2O2S/c14-13(15,16)11-7-6-10(9-4-2-1-3-5-9)8-12(11)18-21(17,19)20/h1-8,18H,(H2,17,19,20). The molecule has 4 nitrogen and oxygen atoms in total. The summed E-state index contributed by atoms with van der Waals surface area (Å²) in [6.07, 6.45) is -4.69. The molecule has 0 aliphatic carbocycles. The Kier molecular flexibility index (Phi) is 3.93. The van der Waals surface area contributed by atoms with Crippen LogP contribution in [0, 0.1) is 0 Å². The lowest BCUT2D eigenvalue weighted by Gasteiger charge is -2.15. The van der Waals surface area contributed by atoms with Crippen molar-refractivity contribution in [3.8, 4) is 11.1 Å². The van der Waals surface area contributed by atoms with Gasteiger partial charge in [-0.25, -0.2) is 5.14 Å². The Morgan fingerprint density at radius 3 is 2.10 bits per heavy atom. The first kappa shape index (κ1) is 15.3. The molecule has 0 bridgehead atoms. The summed E-state index contributed by atoms with van der Waals surface area (Å²) in [5.41, 5.74) is -0.610. The fourth-order valence-electron chi connectivity index (χ4n) is 1.84. The number of anilines is 1. The van der Waals surface area contributed by atoms with Gasteiger partial charge in [-0.05, 0) is 23.3 Å². The van der Waals surface area contributed by atoms with Crippen LogP contribution >= 0.6 is 0 Å². The fourth-order valence-corrected chi connectivity index (χ4v) is 2.31. The average Bonchev–Trinajstić information content (AvgIpc) is 2.36. The molecule has 2 rings (SSSR count). The number of hydrogen-bond donors (Lipinski definition) is 2. The van der Waals surface area contributed by atoms with Gasteiger partial charge >= 0.3 is 6.18 Å². The third-order valence-electron chi connectivity index (χ3n) is 2.68. The van der Waals surface area contributed by atoms with Gasteiger partial charge in [0.05, 0.1) is 11.3 Å². The highest BCUT2D eigenvalue weighted by molar-refractivity contribution is 7.90. The Labute approximate surface area is 119 Å². The Balaban J connectivity index is 2.57. The summed E-state index contributed by atoms with van der Waals surface area (Å²) in [6, 6.07) is 11.8. The highest BCUT2D eigenvalue weighted by Gasteiger charge is 2.34. The van der Waals surface area contributed by atoms with Crippen molar-refractivity contribution in [1.29, 1.82) is 0 Å². The molecule has 0 amide bonds. The molecular weight excluding hydrogens is 305 g/mol. The van der Waals surface area contributed by atoms with Gasteiger partial charge in [0.1, 0.15) is 0 Å². The SMILES string of the molecule is NS(=O)(=O)Nc1cc(-c2ccccc2)ccc1C(F)(F)F. The zero-order valence-corrected chi connectivity index (χ0v) is 11.4. The normalized spacial score (nSPS) is 12.2. The van der Waals surface area contributed by atoms with Gasteiger partial charge < -0.3 is 0 Å². The minimum Gasteiger partial charge on any atom is -0.271 e. The molecule has 8 heteroatoms. The predicted molar refractivity (Wildman–Crippen MR) is 73.6 cm³/mol. The van der Waals surface area contributed by atoms with E-state index >= 15 is 0 Å². The number of rotatable bonds is 3. The number of hydrogen-bond acceptors (Lipinski definition) is 2. The van der Waals surface area contributed by atoms with Gasteiger partial charge in [0.15, 0.2) is 0 Å². The molecule has 0 unspecified atom stereocenters. The average molecular weight is 316 g/mol. The van der Waals surface area contributed by atoms with Crippen LogP contribution < -0.4 is 9.86 Å². The monoisotopic (exact) mass is 316 g/mol. The van der Waals surface area contributed by atoms with Crippen molar-refractivity contribution in [2.24, 2.45) is 5.14 Å². The molecule has 3 N–H and O–H groups in total. The van der Waals surface area contributed by atoms with Crippen molar-refractivity contribution in [2.75, 3.05) is 4.72 Å². The van der Waals surface area contributed by atoms with Crippen molar-refractivity contribution >= 4 is 15.9 Å². The van der Waals surface area contributed by atoms with Gasteiger partial charge in [-0.2, -0.15) is 21.6 Å². The van der Waals surface area contributed by atoms with Gasteiger partial charge in [-0.3, -0.25) is 4.72 Å². The van der Waals surface area contributed by atoms with E-state index in [4.69, 9.17) is 5.14 Å². The smallest absolute Gasteiger partial charge is 0.271 e. The molecule has 2 aromatic carbocycles. The predicted octanol–water partition coefficient (Wildman–Crippen LogP) is 2.99. The molecular formula is C13H11F3N2O2S. The van der Waals surface area contributed by atoms with Crippen LogP contribution in [0.2, 0.25) is 0 Å². The van der Waals surface area contributed by atoms with Crippen molar-refractivity contribution in [2.45, 2.75) is 6.18 Å². The van der Waals surface area contributed by atoms with Gasteiger partial charge in [0.2, 0.25) is 0 Å². The van der Waals surface area contributed by atoms with Gasteiger partial charge in [0, 0.05) is 0 Å². The molecule has 0 heterocycles. The second-order valence-corrected chi connectivity index (χ2v) is 5.57. The molecule has 112 valence electrons. The van der Waals surface area contributed by atoms with E-state index < -0.39 is 27.6 Å². The van der Waals surface area contributed by atoms with E-state index in [1.54, 1.807) is 35.1 Å². The maximum absolute atomic E-state index is 12.9. The number of halogens is 3. The first-order chi connectivity index (χ1) is 9.67. The summed E-state index contributed by atoms with van der Waals surface area (Å²) >= 11 is 0. The molecule has 0 saturated heterocycles. The van der Waals surface area contributed by atoms with Crippen molar-refractivity contribution in [1.82, 2.24) is 0 Å². The topological polar surface area (TPSA) is 72.2 Å². The van der Waals surface area contributed by atoms with Gasteiger partial charge in [0.25, 0.3) is 10.2 Å². The fraction of sp³-hybridized carbons (Fsp3) is 0.0769. The molecule has 21 heavy (non-hydrogen) atoms. The molecule has 0 aromatic heterocycles. The summed E-state index contributed by atoms with van der Waals surface area (Å²) in [4.78, 5) is 0. The van der Waals surface area contributed by atoms with E-state index in [1.165, 1.54) is 6.07 Å². The maximum Gasteiger partial charge on any atom is 0.418 e. The number of benzene rings is 2. The number of nitrogens with one attached hydrogen (secondary N) is 1. The van der Waals surface area contributed by atoms with E-state index in [2.05, 4.69) is 0 Å². The van der Waals surface area contributed by atoms with Crippen LogP contribution in [0.5, 0.6) is 0 Å². The summed E-state index contributed by atoms with van der Waals surface area (Å²) < 4.78 is 62.4. The van der Waals surface area contributed by atoms with Crippen LogP contribution in [0.25, 0.3) is 11.1 Å². The summed E-state index contributed by atoms with van der Waals surface area (Å²) in [5, 5.41) is 4.76. The van der Waals surface area contributed by atoms with E-state index in [0.29, 0.717) is 11.1 Å². The first-order valence-electron chi connectivity index (χ1n) is 5.74. The van der Waals surface area contributed by atoms with Crippen LogP contribution in [0.15, 0.2) is 48.5 Å². The number of nitrogens with two attached hydrogens (primary N) is 1. The lowest BCUT2D eigenvalue weighted by atomic mass is 10.0. The maximum atomic E-state index is 12.9. The van der Waals surface area contributed by atoms with Crippen LogP contribution in [0.3, 0.4) is 0 Å². The molecule has 0 aliphatic heterocycles.